The van der Waals surface area contributed by atoms with Gasteiger partial charge in [0.25, 0.3) is 0 Å². The first-order valence-electron chi connectivity index (χ1n) is 5.82. The van der Waals surface area contributed by atoms with Crippen LogP contribution in [0.15, 0.2) is 47.1 Å². The molecule has 0 saturated heterocycles. The van der Waals surface area contributed by atoms with E-state index in [1.165, 1.54) is 11.1 Å². The van der Waals surface area contributed by atoms with E-state index in [-0.39, 0.29) is 6.04 Å². The van der Waals surface area contributed by atoms with E-state index in [2.05, 4.69) is 57.5 Å². The van der Waals surface area contributed by atoms with Gasteiger partial charge in [0.05, 0.1) is 6.04 Å². The first kappa shape index (κ1) is 13.2. The van der Waals surface area contributed by atoms with Crippen molar-refractivity contribution < 1.29 is 0 Å². The summed E-state index contributed by atoms with van der Waals surface area (Å²) in [5, 5.41) is 0. The predicted octanol–water partition coefficient (Wildman–Crippen LogP) is 2.90. The van der Waals surface area contributed by atoms with Crippen LogP contribution in [0.3, 0.4) is 0 Å². The average molecular weight is 306 g/mol. The van der Waals surface area contributed by atoms with Gasteiger partial charge in [0, 0.05) is 22.8 Å². The number of halogens is 1. The second-order valence-corrected chi connectivity index (χ2v) is 5.22. The third-order valence-electron chi connectivity index (χ3n) is 2.88. The molecule has 1 aromatic heterocycles. The summed E-state index contributed by atoms with van der Waals surface area (Å²) in [5.74, 6) is 5.63. The molecule has 1 heterocycles. The van der Waals surface area contributed by atoms with Crippen molar-refractivity contribution in [1.82, 2.24) is 10.4 Å². The van der Waals surface area contributed by atoms with Crippen LogP contribution in [0.25, 0.3) is 0 Å². The Morgan fingerprint density at radius 3 is 2.50 bits per heavy atom. The number of rotatable bonds is 4. The molecule has 0 aliphatic carbocycles. The Kier molecular flexibility index (Phi) is 4.47. The maximum absolute atomic E-state index is 5.63. The summed E-state index contributed by atoms with van der Waals surface area (Å²) in [6, 6.07) is 12.5. The van der Waals surface area contributed by atoms with Gasteiger partial charge in [0.1, 0.15) is 0 Å². The highest BCUT2D eigenvalue weighted by Crippen LogP contribution is 2.18. The SMILES string of the molecule is Cc1ccc(C(Cc2ccc(Br)cn2)NN)cc1. The normalized spacial score (nSPS) is 12.4. The van der Waals surface area contributed by atoms with Crippen LogP contribution in [0.4, 0.5) is 0 Å². The van der Waals surface area contributed by atoms with Crippen molar-refractivity contribution in [3.8, 4) is 0 Å². The summed E-state index contributed by atoms with van der Waals surface area (Å²) in [6.07, 6.45) is 2.57. The van der Waals surface area contributed by atoms with Gasteiger partial charge >= 0.3 is 0 Å². The van der Waals surface area contributed by atoms with Crippen LogP contribution in [0, 0.1) is 6.92 Å². The van der Waals surface area contributed by atoms with Gasteiger partial charge in [0.15, 0.2) is 0 Å². The number of hydrogen-bond acceptors (Lipinski definition) is 3. The first-order valence-corrected chi connectivity index (χ1v) is 6.61. The highest BCUT2D eigenvalue weighted by atomic mass is 79.9. The van der Waals surface area contributed by atoms with E-state index < -0.39 is 0 Å². The molecule has 3 nitrogen and oxygen atoms in total. The van der Waals surface area contributed by atoms with Crippen molar-refractivity contribution in [2.75, 3.05) is 0 Å². The second kappa shape index (κ2) is 6.09. The molecule has 1 unspecified atom stereocenters. The number of nitrogens with zero attached hydrogens (tertiary/aromatic N) is 1. The Labute approximate surface area is 116 Å². The lowest BCUT2D eigenvalue weighted by molar-refractivity contribution is 0.546. The maximum Gasteiger partial charge on any atom is 0.0515 e. The summed E-state index contributed by atoms with van der Waals surface area (Å²) in [4.78, 5) is 4.37. The van der Waals surface area contributed by atoms with Crippen LogP contribution in [-0.2, 0) is 6.42 Å². The van der Waals surface area contributed by atoms with E-state index in [0.717, 1.165) is 16.6 Å². The van der Waals surface area contributed by atoms with E-state index in [9.17, 15) is 0 Å². The van der Waals surface area contributed by atoms with Gasteiger partial charge in [-0.3, -0.25) is 16.3 Å². The number of aryl methyl sites for hydroxylation is 1. The zero-order valence-corrected chi connectivity index (χ0v) is 11.8. The fraction of sp³-hybridized carbons (Fsp3) is 0.214. The highest BCUT2D eigenvalue weighted by Gasteiger charge is 2.10. The van der Waals surface area contributed by atoms with E-state index in [4.69, 9.17) is 5.84 Å². The maximum atomic E-state index is 5.63. The minimum Gasteiger partial charge on any atom is -0.271 e. The summed E-state index contributed by atoms with van der Waals surface area (Å²) >= 11 is 3.38. The van der Waals surface area contributed by atoms with Crippen LogP contribution in [0.1, 0.15) is 22.9 Å². The first-order chi connectivity index (χ1) is 8.69. The smallest absolute Gasteiger partial charge is 0.0515 e. The fourth-order valence-electron chi connectivity index (χ4n) is 1.81. The second-order valence-electron chi connectivity index (χ2n) is 4.30. The number of nitrogens with one attached hydrogen (secondary N) is 1. The van der Waals surface area contributed by atoms with E-state index in [1.807, 2.05) is 12.1 Å². The molecule has 4 heteroatoms. The van der Waals surface area contributed by atoms with Gasteiger partial charge in [-0.05, 0) is 40.5 Å². The van der Waals surface area contributed by atoms with Gasteiger partial charge in [0.2, 0.25) is 0 Å². The van der Waals surface area contributed by atoms with Gasteiger partial charge < -0.3 is 0 Å². The topological polar surface area (TPSA) is 50.9 Å². The quantitative estimate of drug-likeness (QED) is 0.674. The van der Waals surface area contributed by atoms with Crippen molar-refractivity contribution in [2.24, 2.45) is 5.84 Å². The lowest BCUT2D eigenvalue weighted by atomic mass is 10.0. The Morgan fingerprint density at radius 2 is 1.94 bits per heavy atom. The zero-order chi connectivity index (χ0) is 13.0. The van der Waals surface area contributed by atoms with Crippen LogP contribution in [0.2, 0.25) is 0 Å². The third-order valence-corrected chi connectivity index (χ3v) is 3.35. The van der Waals surface area contributed by atoms with Crippen molar-refractivity contribution in [3.05, 3.63) is 63.9 Å². The van der Waals surface area contributed by atoms with Gasteiger partial charge in [-0.25, -0.2) is 0 Å². The van der Waals surface area contributed by atoms with E-state index >= 15 is 0 Å². The molecule has 0 aliphatic heterocycles. The molecule has 1 aromatic carbocycles. The number of nitrogens with two attached hydrogens (primary N) is 1. The van der Waals surface area contributed by atoms with Crippen molar-refractivity contribution >= 4 is 15.9 Å². The molecule has 0 saturated carbocycles. The molecule has 3 N–H and O–H groups in total. The Hall–Kier alpha value is -1.23. The number of hydrazine groups is 1. The van der Waals surface area contributed by atoms with Crippen LogP contribution < -0.4 is 11.3 Å². The van der Waals surface area contributed by atoms with Crippen LogP contribution >= 0.6 is 15.9 Å². The summed E-state index contributed by atoms with van der Waals surface area (Å²) in [6.45, 7) is 2.07. The summed E-state index contributed by atoms with van der Waals surface area (Å²) < 4.78 is 0.985. The molecule has 0 aliphatic rings. The Balaban J connectivity index is 2.14. The molecular weight excluding hydrogens is 290 g/mol. The number of aromatic nitrogens is 1. The molecule has 94 valence electrons. The largest absolute Gasteiger partial charge is 0.271 e. The molecule has 2 aromatic rings. The number of benzene rings is 1. The third kappa shape index (κ3) is 3.38. The molecule has 18 heavy (non-hydrogen) atoms. The standard InChI is InChI=1S/C14H16BrN3/c1-10-2-4-11(5-3-10)14(18-16)8-13-7-6-12(15)9-17-13/h2-7,9,14,18H,8,16H2,1H3. The molecule has 0 bridgehead atoms. The average Bonchev–Trinajstić information content (AvgIpc) is 2.39. The molecule has 1 atom stereocenters. The molecule has 0 amide bonds. The van der Waals surface area contributed by atoms with E-state index in [1.54, 1.807) is 6.20 Å². The monoisotopic (exact) mass is 305 g/mol. The predicted molar refractivity (Wildman–Crippen MR) is 76.9 cm³/mol. The van der Waals surface area contributed by atoms with Gasteiger partial charge in [-0.1, -0.05) is 29.8 Å². The molecular formula is C14H16BrN3. The van der Waals surface area contributed by atoms with Crippen molar-refractivity contribution in [1.29, 1.82) is 0 Å². The lowest BCUT2D eigenvalue weighted by Gasteiger charge is -2.16. The Bertz CT molecular complexity index is 493. The summed E-state index contributed by atoms with van der Waals surface area (Å²) in [5.41, 5.74) is 6.29. The lowest BCUT2D eigenvalue weighted by Crippen LogP contribution is -2.29. The minimum absolute atomic E-state index is 0.0827. The van der Waals surface area contributed by atoms with Crippen LogP contribution in [0.5, 0.6) is 0 Å². The van der Waals surface area contributed by atoms with Crippen molar-refractivity contribution in [2.45, 2.75) is 19.4 Å². The molecule has 0 spiro atoms. The summed E-state index contributed by atoms with van der Waals surface area (Å²) in [7, 11) is 0. The zero-order valence-electron chi connectivity index (χ0n) is 10.2. The Morgan fingerprint density at radius 1 is 1.22 bits per heavy atom. The fourth-order valence-corrected chi connectivity index (χ4v) is 2.04. The van der Waals surface area contributed by atoms with Crippen molar-refractivity contribution in [3.63, 3.8) is 0 Å². The highest BCUT2D eigenvalue weighted by molar-refractivity contribution is 9.10. The van der Waals surface area contributed by atoms with Gasteiger partial charge in [-0.2, -0.15) is 0 Å². The molecule has 0 fully saturated rings. The van der Waals surface area contributed by atoms with Gasteiger partial charge in [-0.15, -0.1) is 0 Å². The van der Waals surface area contributed by atoms with E-state index in [0.29, 0.717) is 0 Å². The number of pyridine rings is 1. The molecule has 2 rings (SSSR count). The minimum atomic E-state index is 0.0827. The van der Waals surface area contributed by atoms with Crippen LogP contribution in [-0.4, -0.2) is 4.98 Å². The number of hydrogen-bond donors (Lipinski definition) is 2. The molecule has 0 radical (unpaired) electrons.